The normalized spacial score (nSPS) is 12.2. The van der Waals surface area contributed by atoms with Crippen molar-refractivity contribution in [2.75, 3.05) is 4.72 Å². The lowest BCUT2D eigenvalue weighted by atomic mass is 10.2. The van der Waals surface area contributed by atoms with Gasteiger partial charge >= 0.3 is 6.18 Å². The highest BCUT2D eigenvalue weighted by molar-refractivity contribution is 7.92. The van der Waals surface area contributed by atoms with Gasteiger partial charge in [0.1, 0.15) is 0 Å². The second kappa shape index (κ2) is 5.77. The summed E-state index contributed by atoms with van der Waals surface area (Å²) < 4.78 is 64.8. The number of anilines is 1. The highest BCUT2D eigenvalue weighted by Crippen LogP contribution is 2.36. The summed E-state index contributed by atoms with van der Waals surface area (Å²) in [4.78, 5) is 3.27. The molecule has 2 aromatic rings. The van der Waals surface area contributed by atoms with Crippen LogP contribution in [-0.2, 0) is 16.2 Å². The zero-order valence-corrected chi connectivity index (χ0v) is 12.7. The first-order valence-corrected chi connectivity index (χ1v) is 7.77. The molecule has 0 radical (unpaired) electrons. The lowest BCUT2D eigenvalue weighted by Crippen LogP contribution is -2.15. The van der Waals surface area contributed by atoms with Gasteiger partial charge in [0.25, 0.3) is 10.0 Å². The number of pyridine rings is 1. The summed E-state index contributed by atoms with van der Waals surface area (Å²) in [5, 5.41) is -0.566. The number of sulfonamides is 1. The predicted molar refractivity (Wildman–Crippen MR) is 76.2 cm³/mol. The largest absolute Gasteiger partial charge is 0.417 e. The van der Waals surface area contributed by atoms with Crippen LogP contribution in [0.4, 0.5) is 18.9 Å². The molecule has 1 heterocycles. The SMILES string of the molecule is Cc1cncc(NS(=O)(=O)c2ccc(Cl)c(C(F)(F)F)c2)c1. The summed E-state index contributed by atoms with van der Waals surface area (Å²) in [6.07, 6.45) is -1.97. The van der Waals surface area contributed by atoms with Crippen LogP contribution in [0.15, 0.2) is 41.6 Å². The molecule has 0 saturated carbocycles. The Hall–Kier alpha value is -1.80. The van der Waals surface area contributed by atoms with Crippen molar-refractivity contribution in [1.82, 2.24) is 4.98 Å². The maximum Gasteiger partial charge on any atom is 0.417 e. The fraction of sp³-hybridized carbons (Fsp3) is 0.154. The molecule has 0 atom stereocenters. The van der Waals surface area contributed by atoms with E-state index in [4.69, 9.17) is 11.6 Å². The van der Waals surface area contributed by atoms with Crippen molar-refractivity contribution in [3.05, 3.63) is 52.8 Å². The number of rotatable bonds is 3. The minimum absolute atomic E-state index is 0.156. The Balaban J connectivity index is 2.42. The molecule has 1 N–H and O–H groups in total. The number of hydrogen-bond donors (Lipinski definition) is 1. The van der Waals surface area contributed by atoms with E-state index in [-0.39, 0.29) is 5.69 Å². The van der Waals surface area contributed by atoms with Crippen molar-refractivity contribution in [3.63, 3.8) is 0 Å². The van der Waals surface area contributed by atoms with Gasteiger partial charge < -0.3 is 0 Å². The quantitative estimate of drug-likeness (QED) is 0.914. The molecule has 1 aromatic carbocycles. The van der Waals surface area contributed by atoms with Crippen LogP contribution in [0.25, 0.3) is 0 Å². The van der Waals surface area contributed by atoms with Crippen molar-refractivity contribution in [2.24, 2.45) is 0 Å². The number of hydrogen-bond acceptors (Lipinski definition) is 3. The van der Waals surface area contributed by atoms with E-state index in [0.717, 1.165) is 12.1 Å². The standard InChI is InChI=1S/C13H10ClF3N2O2S/c1-8-4-9(7-18-6-8)19-22(20,21)10-2-3-12(14)11(5-10)13(15,16)17/h2-7,19H,1H3. The summed E-state index contributed by atoms with van der Waals surface area (Å²) in [5.74, 6) is 0. The molecule has 1 aromatic heterocycles. The number of alkyl halides is 3. The molecule has 2 rings (SSSR count). The van der Waals surface area contributed by atoms with E-state index in [2.05, 4.69) is 9.71 Å². The first-order chi connectivity index (χ1) is 10.1. The van der Waals surface area contributed by atoms with Crippen LogP contribution < -0.4 is 4.72 Å². The fourth-order valence-corrected chi connectivity index (χ4v) is 3.00. The molecule has 0 spiro atoms. The van der Waals surface area contributed by atoms with Crippen LogP contribution in [0.1, 0.15) is 11.1 Å². The minimum Gasteiger partial charge on any atom is -0.278 e. The molecule has 0 amide bonds. The van der Waals surface area contributed by atoms with Gasteiger partial charge in [0, 0.05) is 6.20 Å². The smallest absolute Gasteiger partial charge is 0.278 e. The van der Waals surface area contributed by atoms with Gasteiger partial charge in [-0.2, -0.15) is 13.2 Å². The molecule has 0 aliphatic rings. The average Bonchev–Trinajstić information content (AvgIpc) is 2.36. The molecule has 9 heteroatoms. The first-order valence-electron chi connectivity index (χ1n) is 5.91. The Morgan fingerprint density at radius 3 is 2.45 bits per heavy atom. The number of nitrogens with one attached hydrogen (secondary N) is 1. The molecule has 0 unspecified atom stereocenters. The number of aromatic nitrogens is 1. The van der Waals surface area contributed by atoms with Crippen molar-refractivity contribution in [1.29, 1.82) is 0 Å². The third kappa shape index (κ3) is 3.69. The maximum absolute atomic E-state index is 12.8. The van der Waals surface area contributed by atoms with E-state index < -0.39 is 31.7 Å². The molecule has 22 heavy (non-hydrogen) atoms. The molecule has 0 saturated heterocycles. The Labute approximate surface area is 130 Å². The van der Waals surface area contributed by atoms with E-state index in [1.54, 1.807) is 6.92 Å². The molecule has 4 nitrogen and oxygen atoms in total. The molecular weight excluding hydrogens is 341 g/mol. The van der Waals surface area contributed by atoms with Gasteiger partial charge in [-0.05, 0) is 36.8 Å². The number of benzene rings is 1. The van der Waals surface area contributed by atoms with Gasteiger partial charge in [0.15, 0.2) is 0 Å². The predicted octanol–water partition coefficient (Wildman–Crippen LogP) is 3.86. The number of nitrogens with zero attached hydrogens (tertiary/aromatic N) is 1. The van der Waals surface area contributed by atoms with E-state index in [9.17, 15) is 21.6 Å². The van der Waals surface area contributed by atoms with Crippen LogP contribution in [-0.4, -0.2) is 13.4 Å². The first kappa shape index (κ1) is 16.6. The number of halogens is 4. The maximum atomic E-state index is 12.8. The van der Waals surface area contributed by atoms with Gasteiger partial charge in [-0.1, -0.05) is 11.6 Å². The second-order valence-corrected chi connectivity index (χ2v) is 6.59. The molecule has 118 valence electrons. The summed E-state index contributed by atoms with van der Waals surface area (Å²) in [5.41, 5.74) is -0.352. The van der Waals surface area contributed by atoms with Crippen molar-refractivity contribution in [3.8, 4) is 0 Å². The van der Waals surface area contributed by atoms with Gasteiger partial charge in [-0.25, -0.2) is 8.42 Å². The van der Waals surface area contributed by atoms with Crippen molar-refractivity contribution < 1.29 is 21.6 Å². The van der Waals surface area contributed by atoms with Crippen LogP contribution in [0.5, 0.6) is 0 Å². The van der Waals surface area contributed by atoms with Crippen molar-refractivity contribution >= 4 is 27.3 Å². The van der Waals surface area contributed by atoms with Gasteiger partial charge in [-0.3, -0.25) is 9.71 Å². The highest BCUT2D eigenvalue weighted by Gasteiger charge is 2.34. The Kier molecular flexibility index (Phi) is 4.35. The fourth-order valence-electron chi connectivity index (χ4n) is 1.71. The second-order valence-electron chi connectivity index (χ2n) is 4.50. The van der Waals surface area contributed by atoms with E-state index in [0.29, 0.717) is 11.6 Å². The van der Waals surface area contributed by atoms with E-state index in [1.165, 1.54) is 18.5 Å². The lowest BCUT2D eigenvalue weighted by Gasteiger charge is -2.12. The Morgan fingerprint density at radius 1 is 1.18 bits per heavy atom. The van der Waals surface area contributed by atoms with Crippen molar-refractivity contribution in [2.45, 2.75) is 18.0 Å². The Morgan fingerprint density at radius 2 is 1.86 bits per heavy atom. The Bertz CT molecular complexity index is 807. The molecule has 0 aliphatic heterocycles. The third-order valence-corrected chi connectivity index (χ3v) is 4.39. The van der Waals surface area contributed by atoms with Crippen LogP contribution in [0.3, 0.4) is 0 Å². The molecular formula is C13H10ClF3N2O2S. The number of aryl methyl sites for hydroxylation is 1. The monoisotopic (exact) mass is 350 g/mol. The van der Waals surface area contributed by atoms with Gasteiger partial charge in [0.2, 0.25) is 0 Å². The van der Waals surface area contributed by atoms with E-state index >= 15 is 0 Å². The third-order valence-electron chi connectivity index (χ3n) is 2.68. The summed E-state index contributed by atoms with van der Waals surface area (Å²) in [6.45, 7) is 1.70. The van der Waals surface area contributed by atoms with Crippen LogP contribution in [0.2, 0.25) is 5.02 Å². The molecule has 0 fully saturated rings. The summed E-state index contributed by atoms with van der Waals surface area (Å²) >= 11 is 5.47. The minimum atomic E-state index is -4.74. The van der Waals surface area contributed by atoms with Crippen LogP contribution in [0, 0.1) is 6.92 Å². The molecule has 0 bridgehead atoms. The summed E-state index contributed by atoms with van der Waals surface area (Å²) in [7, 11) is -4.18. The average molecular weight is 351 g/mol. The van der Waals surface area contributed by atoms with Gasteiger partial charge in [-0.15, -0.1) is 0 Å². The van der Waals surface area contributed by atoms with Gasteiger partial charge in [0.05, 0.1) is 27.4 Å². The lowest BCUT2D eigenvalue weighted by molar-refractivity contribution is -0.137. The zero-order chi connectivity index (χ0) is 16.5. The van der Waals surface area contributed by atoms with Crippen LogP contribution >= 0.6 is 11.6 Å². The van der Waals surface area contributed by atoms with E-state index in [1.807, 2.05) is 0 Å². The summed E-state index contributed by atoms with van der Waals surface area (Å²) in [6, 6.07) is 3.90. The molecule has 0 aliphatic carbocycles. The topological polar surface area (TPSA) is 59.1 Å². The highest BCUT2D eigenvalue weighted by atomic mass is 35.5. The zero-order valence-electron chi connectivity index (χ0n) is 11.1.